The van der Waals surface area contributed by atoms with Gasteiger partial charge in [0.1, 0.15) is 0 Å². The average molecular weight is 142 g/mol. The summed E-state index contributed by atoms with van der Waals surface area (Å²) in [6.45, 7) is 1.99. The molecular formula is C5H11LiO2S. The third-order valence-electron chi connectivity index (χ3n) is 1.25. The SMILES string of the molecule is [Li][CH2]S(=O)(=O)CCCC. The molecule has 0 fully saturated rings. The van der Waals surface area contributed by atoms with E-state index in [9.17, 15) is 8.42 Å². The molecule has 0 heterocycles. The molecule has 0 radical (unpaired) electrons. The fraction of sp³-hybridized carbons (Fsp3) is 1.00. The van der Waals surface area contributed by atoms with Crippen molar-refractivity contribution in [2.45, 2.75) is 19.8 Å². The zero-order valence-corrected chi connectivity index (χ0v) is 6.87. The second-order valence-corrected chi connectivity index (χ2v) is 4.56. The minimum atomic E-state index is -2.68. The molecule has 0 rings (SSSR count). The Bertz CT molecular complexity index is 150. The van der Waals surface area contributed by atoms with Crippen LogP contribution in [-0.4, -0.2) is 36.3 Å². The molecule has 0 unspecified atom stereocenters. The van der Waals surface area contributed by atoms with Gasteiger partial charge in [0, 0.05) is 0 Å². The van der Waals surface area contributed by atoms with Crippen molar-refractivity contribution < 1.29 is 8.42 Å². The number of rotatable bonds is 4. The Hall–Kier alpha value is 0.547. The van der Waals surface area contributed by atoms with Crippen molar-refractivity contribution in [3.63, 3.8) is 0 Å². The molecule has 50 valence electrons. The van der Waals surface area contributed by atoms with Crippen molar-refractivity contribution in [1.82, 2.24) is 0 Å². The van der Waals surface area contributed by atoms with Crippen molar-refractivity contribution in [3.8, 4) is 0 Å². The summed E-state index contributed by atoms with van der Waals surface area (Å²) < 4.78 is 21.8. The summed E-state index contributed by atoms with van der Waals surface area (Å²) >= 11 is 1.69. The molecule has 0 amide bonds. The molecule has 0 atom stereocenters. The van der Waals surface area contributed by atoms with Gasteiger partial charge in [-0.15, -0.1) is 0 Å². The second-order valence-electron chi connectivity index (χ2n) is 2.09. The van der Waals surface area contributed by atoms with Gasteiger partial charge in [-0.3, -0.25) is 0 Å². The molecule has 0 aliphatic rings. The zero-order valence-electron chi connectivity index (χ0n) is 6.05. The molecule has 0 aromatic carbocycles. The summed E-state index contributed by atoms with van der Waals surface area (Å²) in [5.74, 6) is 0.361. The Morgan fingerprint density at radius 3 is 2.33 bits per heavy atom. The first-order valence-electron chi connectivity index (χ1n) is 3.32. The van der Waals surface area contributed by atoms with Gasteiger partial charge in [-0.2, -0.15) is 0 Å². The van der Waals surface area contributed by atoms with Crippen LogP contribution in [0.3, 0.4) is 0 Å². The van der Waals surface area contributed by atoms with Crippen LogP contribution < -0.4 is 0 Å². The van der Waals surface area contributed by atoms with Gasteiger partial charge in [-0.1, -0.05) is 0 Å². The van der Waals surface area contributed by atoms with E-state index in [0.717, 1.165) is 12.8 Å². The van der Waals surface area contributed by atoms with E-state index in [1.807, 2.05) is 6.92 Å². The maximum atomic E-state index is 10.8. The van der Waals surface area contributed by atoms with Crippen molar-refractivity contribution in [1.29, 1.82) is 0 Å². The summed E-state index contributed by atoms with van der Waals surface area (Å²) in [7, 11) is -2.68. The van der Waals surface area contributed by atoms with Crippen LogP contribution in [0, 0.1) is 0 Å². The van der Waals surface area contributed by atoms with Crippen LogP contribution >= 0.6 is 0 Å². The summed E-state index contributed by atoms with van der Waals surface area (Å²) in [5, 5.41) is 0. The van der Waals surface area contributed by atoms with Crippen LogP contribution in [0.1, 0.15) is 19.8 Å². The van der Waals surface area contributed by atoms with Crippen LogP contribution in [0.4, 0.5) is 0 Å². The first-order valence-corrected chi connectivity index (χ1v) is 5.15. The minimum absolute atomic E-state index is 0.285. The van der Waals surface area contributed by atoms with E-state index in [1.54, 1.807) is 17.7 Å². The predicted molar refractivity (Wildman–Crippen MR) is 39.3 cm³/mol. The first-order chi connectivity index (χ1) is 4.12. The Kier molecular flexibility index (Phi) is 4.64. The molecule has 0 N–H and O–H groups in total. The van der Waals surface area contributed by atoms with Crippen molar-refractivity contribution in [2.24, 2.45) is 0 Å². The van der Waals surface area contributed by atoms with E-state index < -0.39 is 9.84 Å². The average Bonchev–Trinajstić information content (AvgIpc) is 1.84. The standard InChI is InChI=1S/C5H11O2S.Li/c1-3-4-5-8(2,6)7;/h2-5H2,1H3;. The summed E-state index contributed by atoms with van der Waals surface area (Å²) in [4.78, 5) is 0. The van der Waals surface area contributed by atoms with Gasteiger partial charge in [0.15, 0.2) is 0 Å². The Morgan fingerprint density at radius 1 is 1.44 bits per heavy atom. The number of hydrogen-bond donors (Lipinski definition) is 0. The van der Waals surface area contributed by atoms with Crippen LogP contribution in [0.15, 0.2) is 0 Å². The van der Waals surface area contributed by atoms with E-state index in [0.29, 0.717) is 5.75 Å². The summed E-state index contributed by atoms with van der Waals surface area (Å²) in [5.41, 5.74) is 0. The monoisotopic (exact) mass is 142 g/mol. The number of hydrogen-bond acceptors (Lipinski definition) is 2. The molecule has 0 aliphatic carbocycles. The molecule has 0 aromatic heterocycles. The molecule has 0 aromatic rings. The zero-order chi connectivity index (χ0) is 7.33. The maximum absolute atomic E-state index is 10.8. The molecule has 0 aliphatic heterocycles. The van der Waals surface area contributed by atoms with Gasteiger partial charge in [0.2, 0.25) is 0 Å². The Balaban J connectivity index is 3.61. The van der Waals surface area contributed by atoms with Crippen LogP contribution in [0.25, 0.3) is 0 Å². The molecule has 0 saturated carbocycles. The van der Waals surface area contributed by atoms with E-state index in [-0.39, 0.29) is 4.43 Å². The van der Waals surface area contributed by atoms with Crippen molar-refractivity contribution in [2.75, 3.05) is 10.2 Å². The van der Waals surface area contributed by atoms with E-state index >= 15 is 0 Å². The van der Waals surface area contributed by atoms with Gasteiger partial charge < -0.3 is 0 Å². The molecule has 0 saturated heterocycles. The molecule has 4 heteroatoms. The van der Waals surface area contributed by atoms with E-state index in [1.165, 1.54) is 0 Å². The second kappa shape index (κ2) is 4.38. The fourth-order valence-corrected chi connectivity index (χ4v) is 1.53. The van der Waals surface area contributed by atoms with Crippen LogP contribution in [0.2, 0.25) is 0 Å². The molecule has 0 bridgehead atoms. The molecular weight excluding hydrogens is 131 g/mol. The van der Waals surface area contributed by atoms with Crippen LogP contribution in [0.5, 0.6) is 0 Å². The Labute approximate surface area is 66.1 Å². The van der Waals surface area contributed by atoms with E-state index in [4.69, 9.17) is 0 Å². The van der Waals surface area contributed by atoms with E-state index in [2.05, 4.69) is 0 Å². The quantitative estimate of drug-likeness (QED) is 0.530. The normalized spacial score (nSPS) is 11.9. The number of sulfone groups is 1. The van der Waals surface area contributed by atoms with Crippen molar-refractivity contribution >= 4 is 27.6 Å². The Morgan fingerprint density at radius 2 is 2.00 bits per heavy atom. The number of unbranched alkanes of at least 4 members (excludes halogenated alkanes) is 1. The molecule has 0 spiro atoms. The molecule has 9 heavy (non-hydrogen) atoms. The van der Waals surface area contributed by atoms with Gasteiger partial charge in [0.05, 0.1) is 0 Å². The fourth-order valence-electron chi connectivity index (χ4n) is 0.509. The third-order valence-corrected chi connectivity index (χ3v) is 3.04. The summed E-state index contributed by atoms with van der Waals surface area (Å²) in [6.07, 6.45) is 1.76. The summed E-state index contributed by atoms with van der Waals surface area (Å²) in [6, 6.07) is 0. The van der Waals surface area contributed by atoms with Crippen molar-refractivity contribution in [3.05, 3.63) is 0 Å². The predicted octanol–water partition coefficient (Wildman–Crippen LogP) is 0.327. The van der Waals surface area contributed by atoms with Gasteiger partial charge in [-0.05, 0) is 0 Å². The van der Waals surface area contributed by atoms with Gasteiger partial charge in [0.25, 0.3) is 0 Å². The topological polar surface area (TPSA) is 34.1 Å². The van der Waals surface area contributed by atoms with Crippen LogP contribution in [-0.2, 0) is 9.84 Å². The first kappa shape index (κ1) is 9.55. The van der Waals surface area contributed by atoms with Gasteiger partial charge >= 0.3 is 65.9 Å². The third kappa shape index (κ3) is 5.02. The molecule has 2 nitrogen and oxygen atoms in total. The van der Waals surface area contributed by atoms with Gasteiger partial charge in [-0.25, -0.2) is 0 Å².